The summed E-state index contributed by atoms with van der Waals surface area (Å²) in [6, 6.07) is 3.38. The van der Waals surface area contributed by atoms with Crippen LogP contribution < -0.4 is 10.6 Å². The highest BCUT2D eigenvalue weighted by Crippen LogP contribution is 2.38. The number of nitrogens with zero attached hydrogens (tertiary/aromatic N) is 1. The van der Waals surface area contributed by atoms with E-state index in [0.717, 1.165) is 13.0 Å². The second-order valence-electron chi connectivity index (χ2n) is 8.46. The highest BCUT2D eigenvalue weighted by Gasteiger charge is 2.32. The van der Waals surface area contributed by atoms with Gasteiger partial charge in [0.2, 0.25) is 5.91 Å². The van der Waals surface area contributed by atoms with Gasteiger partial charge >= 0.3 is 0 Å². The number of carbonyl (C=O) groups is 2. The Morgan fingerprint density at radius 2 is 2.04 bits per heavy atom. The van der Waals surface area contributed by atoms with E-state index in [1.807, 2.05) is 14.1 Å². The Balaban J connectivity index is 1.94. The molecule has 0 aromatic carbocycles. The number of amides is 2. The van der Waals surface area contributed by atoms with Crippen LogP contribution in [-0.2, 0) is 4.79 Å². The molecule has 2 N–H and O–H groups in total. The van der Waals surface area contributed by atoms with Gasteiger partial charge < -0.3 is 20.0 Å². The van der Waals surface area contributed by atoms with Crippen LogP contribution in [0.1, 0.15) is 44.2 Å². The van der Waals surface area contributed by atoms with E-state index in [9.17, 15) is 9.59 Å². The van der Waals surface area contributed by atoms with Gasteiger partial charge in [0.1, 0.15) is 0 Å². The number of hydrogen-bond acceptors (Lipinski definition) is 4. The highest BCUT2D eigenvalue weighted by molar-refractivity contribution is 5.91. The van der Waals surface area contributed by atoms with Crippen LogP contribution in [0.5, 0.6) is 0 Å². The van der Waals surface area contributed by atoms with Gasteiger partial charge in [-0.1, -0.05) is 25.5 Å². The smallest absolute Gasteiger partial charge is 0.286 e. The molecule has 1 aliphatic rings. The first-order chi connectivity index (χ1) is 13.3. The maximum absolute atomic E-state index is 12.3. The molecule has 1 aromatic rings. The Morgan fingerprint density at radius 1 is 1.29 bits per heavy atom. The van der Waals surface area contributed by atoms with Crippen molar-refractivity contribution in [3.05, 3.63) is 35.8 Å². The molecule has 156 valence electrons. The zero-order valence-corrected chi connectivity index (χ0v) is 17.8. The monoisotopic (exact) mass is 389 g/mol. The fraction of sp³-hybridized carbons (Fsp3) is 0.636. The largest absolute Gasteiger partial charge is 0.459 e. The predicted molar refractivity (Wildman–Crippen MR) is 111 cm³/mol. The highest BCUT2D eigenvalue weighted by atomic mass is 16.3. The SMILES string of the molecule is CC1=C[C@@H](CNC(=O)c2ccco2)[C@H](C(C)C)C[C@H]1CC(=O)NCCN(C)C. The van der Waals surface area contributed by atoms with Crippen molar-refractivity contribution >= 4 is 11.8 Å². The number of likely N-dealkylation sites (N-methyl/N-ethyl adjacent to an activating group) is 1. The average Bonchev–Trinajstić information content (AvgIpc) is 3.15. The van der Waals surface area contributed by atoms with Crippen molar-refractivity contribution < 1.29 is 14.0 Å². The summed E-state index contributed by atoms with van der Waals surface area (Å²) in [4.78, 5) is 26.6. The molecule has 0 fully saturated rings. The Labute approximate surface area is 168 Å². The van der Waals surface area contributed by atoms with E-state index in [4.69, 9.17) is 4.42 Å². The molecule has 0 aliphatic heterocycles. The molecule has 2 amide bonds. The summed E-state index contributed by atoms with van der Waals surface area (Å²) in [7, 11) is 4.00. The first-order valence-corrected chi connectivity index (χ1v) is 10.2. The summed E-state index contributed by atoms with van der Waals surface area (Å²) in [5.41, 5.74) is 1.25. The van der Waals surface area contributed by atoms with Crippen LogP contribution in [0.25, 0.3) is 0 Å². The molecule has 0 spiro atoms. The van der Waals surface area contributed by atoms with E-state index < -0.39 is 0 Å². The van der Waals surface area contributed by atoms with Gasteiger partial charge in [0.15, 0.2) is 5.76 Å². The van der Waals surface area contributed by atoms with E-state index in [1.54, 1.807) is 12.1 Å². The van der Waals surface area contributed by atoms with Gasteiger partial charge in [0, 0.05) is 26.1 Å². The van der Waals surface area contributed by atoms with Crippen molar-refractivity contribution in [2.45, 2.75) is 33.6 Å². The molecule has 1 heterocycles. The van der Waals surface area contributed by atoms with Crippen molar-refractivity contribution in [2.75, 3.05) is 33.7 Å². The molecular weight excluding hydrogens is 354 g/mol. The summed E-state index contributed by atoms with van der Waals surface area (Å²) in [5.74, 6) is 1.72. The van der Waals surface area contributed by atoms with E-state index in [2.05, 4.69) is 42.4 Å². The van der Waals surface area contributed by atoms with Gasteiger partial charge in [-0.25, -0.2) is 0 Å². The van der Waals surface area contributed by atoms with Gasteiger partial charge in [0.25, 0.3) is 5.91 Å². The van der Waals surface area contributed by atoms with E-state index in [-0.39, 0.29) is 23.7 Å². The third kappa shape index (κ3) is 6.51. The lowest BCUT2D eigenvalue weighted by Crippen LogP contribution is -2.38. The minimum Gasteiger partial charge on any atom is -0.459 e. The molecule has 2 rings (SSSR count). The Morgan fingerprint density at radius 3 is 2.64 bits per heavy atom. The number of furan rings is 1. The molecule has 6 nitrogen and oxygen atoms in total. The average molecular weight is 390 g/mol. The van der Waals surface area contributed by atoms with Crippen LogP contribution in [0.3, 0.4) is 0 Å². The molecule has 0 saturated heterocycles. The van der Waals surface area contributed by atoms with Gasteiger partial charge in [0.05, 0.1) is 6.26 Å². The third-order valence-electron chi connectivity index (χ3n) is 5.64. The van der Waals surface area contributed by atoms with Crippen LogP contribution in [0.15, 0.2) is 34.5 Å². The zero-order valence-electron chi connectivity index (χ0n) is 17.8. The molecular formula is C22H35N3O3. The fourth-order valence-electron chi connectivity index (χ4n) is 3.93. The third-order valence-corrected chi connectivity index (χ3v) is 5.64. The van der Waals surface area contributed by atoms with Crippen molar-refractivity contribution in [2.24, 2.45) is 23.7 Å². The van der Waals surface area contributed by atoms with Crippen LogP contribution >= 0.6 is 0 Å². The maximum Gasteiger partial charge on any atom is 0.286 e. The molecule has 1 aliphatic carbocycles. The van der Waals surface area contributed by atoms with E-state index in [0.29, 0.717) is 37.1 Å². The Kier molecular flexibility index (Phi) is 8.30. The van der Waals surface area contributed by atoms with Gasteiger partial charge in [-0.3, -0.25) is 9.59 Å². The number of nitrogens with one attached hydrogen (secondary N) is 2. The van der Waals surface area contributed by atoms with Gasteiger partial charge in [-0.15, -0.1) is 0 Å². The molecule has 0 radical (unpaired) electrons. The van der Waals surface area contributed by atoms with Crippen molar-refractivity contribution in [3.63, 3.8) is 0 Å². The molecule has 0 unspecified atom stereocenters. The van der Waals surface area contributed by atoms with Crippen molar-refractivity contribution in [1.82, 2.24) is 15.5 Å². The summed E-state index contributed by atoms with van der Waals surface area (Å²) in [6.07, 6.45) is 5.27. The second-order valence-corrected chi connectivity index (χ2v) is 8.46. The van der Waals surface area contributed by atoms with Gasteiger partial charge in [-0.2, -0.15) is 0 Å². The number of rotatable bonds is 9. The molecule has 1 aromatic heterocycles. The Bertz CT molecular complexity index is 665. The minimum absolute atomic E-state index is 0.117. The zero-order chi connectivity index (χ0) is 20.7. The molecule has 3 atom stereocenters. The normalized spacial score (nSPS) is 22.2. The summed E-state index contributed by atoms with van der Waals surface area (Å²) >= 11 is 0. The fourth-order valence-corrected chi connectivity index (χ4v) is 3.93. The predicted octanol–water partition coefficient (Wildman–Crippen LogP) is 2.93. The van der Waals surface area contributed by atoms with Gasteiger partial charge in [-0.05, 0) is 63.2 Å². The summed E-state index contributed by atoms with van der Waals surface area (Å²) in [5, 5.41) is 6.01. The van der Waals surface area contributed by atoms with E-state index in [1.165, 1.54) is 11.8 Å². The van der Waals surface area contributed by atoms with Crippen LogP contribution in [0.2, 0.25) is 0 Å². The van der Waals surface area contributed by atoms with Crippen LogP contribution in [0.4, 0.5) is 0 Å². The quantitative estimate of drug-likeness (QED) is 0.637. The topological polar surface area (TPSA) is 74.6 Å². The lowest BCUT2D eigenvalue weighted by atomic mass is 9.69. The summed E-state index contributed by atoms with van der Waals surface area (Å²) < 4.78 is 5.16. The first kappa shape index (κ1) is 22.2. The Hall–Kier alpha value is -2.08. The molecule has 0 bridgehead atoms. The lowest BCUT2D eigenvalue weighted by molar-refractivity contribution is -0.122. The molecule has 0 saturated carbocycles. The second kappa shape index (κ2) is 10.5. The molecule has 6 heteroatoms. The standard InChI is InChI=1S/C22H35N3O3/c1-15(2)19-12-17(13-21(26)23-8-9-25(4)5)16(3)11-18(19)14-24-22(27)20-7-6-10-28-20/h6-7,10-11,15,17-19H,8-9,12-14H2,1-5H3,(H,23,26)(H,24,27)/t17-,18-,19-/m0/s1. The van der Waals surface area contributed by atoms with Crippen LogP contribution in [-0.4, -0.2) is 50.4 Å². The van der Waals surface area contributed by atoms with Crippen molar-refractivity contribution in [3.8, 4) is 0 Å². The summed E-state index contributed by atoms with van der Waals surface area (Å²) in [6.45, 7) is 8.65. The first-order valence-electron chi connectivity index (χ1n) is 10.2. The number of carbonyl (C=O) groups excluding carboxylic acids is 2. The van der Waals surface area contributed by atoms with Crippen molar-refractivity contribution in [1.29, 1.82) is 0 Å². The number of hydrogen-bond donors (Lipinski definition) is 2. The number of allylic oxidation sites excluding steroid dienone is 1. The van der Waals surface area contributed by atoms with Crippen LogP contribution in [0, 0.1) is 23.7 Å². The van der Waals surface area contributed by atoms with E-state index >= 15 is 0 Å². The molecule has 28 heavy (non-hydrogen) atoms. The lowest BCUT2D eigenvalue weighted by Gasteiger charge is -2.37. The minimum atomic E-state index is -0.180. The maximum atomic E-state index is 12.3.